The fourth-order valence-electron chi connectivity index (χ4n) is 1.90. The predicted octanol–water partition coefficient (Wildman–Crippen LogP) is 1.70. The minimum atomic E-state index is -0.915. The van der Waals surface area contributed by atoms with Gasteiger partial charge in [0.1, 0.15) is 16.9 Å². The third-order valence-electron chi connectivity index (χ3n) is 2.98. The number of hydrogen-bond donors (Lipinski definition) is 1. The van der Waals surface area contributed by atoms with Crippen LogP contribution in [-0.4, -0.2) is 20.4 Å². The van der Waals surface area contributed by atoms with Crippen molar-refractivity contribution in [2.75, 3.05) is 0 Å². The standard InChI is InChI=1S/C12H15ClN4O/c1-7-4-8-10(15-6-7)17(9(5-13)16-8)12(2,3)11(14)18/h4,6H,5H2,1-3H3,(H2,14,18). The molecule has 0 spiro atoms. The maximum absolute atomic E-state index is 11.6. The van der Waals surface area contributed by atoms with Crippen molar-refractivity contribution in [3.63, 3.8) is 0 Å². The molecule has 0 aromatic carbocycles. The molecule has 0 saturated heterocycles. The molecule has 0 radical (unpaired) electrons. The first-order chi connectivity index (χ1) is 8.37. The van der Waals surface area contributed by atoms with Crippen LogP contribution in [-0.2, 0) is 16.2 Å². The molecule has 0 saturated carbocycles. The molecule has 2 heterocycles. The number of imidazole rings is 1. The van der Waals surface area contributed by atoms with E-state index in [1.807, 2.05) is 13.0 Å². The van der Waals surface area contributed by atoms with Gasteiger partial charge in [0.2, 0.25) is 5.91 Å². The number of primary amides is 1. The summed E-state index contributed by atoms with van der Waals surface area (Å²) in [5.74, 6) is 0.343. The monoisotopic (exact) mass is 266 g/mol. The predicted molar refractivity (Wildman–Crippen MR) is 70.3 cm³/mol. The first kappa shape index (κ1) is 12.8. The second-order valence-electron chi connectivity index (χ2n) is 4.78. The summed E-state index contributed by atoms with van der Waals surface area (Å²) < 4.78 is 1.71. The van der Waals surface area contributed by atoms with Crippen molar-refractivity contribution in [3.8, 4) is 0 Å². The van der Waals surface area contributed by atoms with Crippen molar-refractivity contribution >= 4 is 28.7 Å². The lowest BCUT2D eigenvalue weighted by atomic mass is 10.0. The number of carbonyl (C=O) groups is 1. The van der Waals surface area contributed by atoms with Crippen LogP contribution in [0.2, 0.25) is 0 Å². The molecule has 2 N–H and O–H groups in total. The Balaban J connectivity index is 2.79. The molecule has 2 aromatic heterocycles. The first-order valence-electron chi connectivity index (χ1n) is 5.58. The molecule has 5 nitrogen and oxygen atoms in total. The Labute approximate surface area is 110 Å². The van der Waals surface area contributed by atoms with Gasteiger partial charge in [-0.1, -0.05) is 0 Å². The van der Waals surface area contributed by atoms with E-state index in [1.54, 1.807) is 24.6 Å². The number of nitrogens with zero attached hydrogens (tertiary/aromatic N) is 3. The SMILES string of the molecule is Cc1cnc2c(c1)nc(CCl)n2C(C)(C)C(N)=O. The highest BCUT2D eigenvalue weighted by Gasteiger charge is 2.31. The number of halogens is 1. The minimum absolute atomic E-state index is 0.201. The van der Waals surface area contributed by atoms with Crippen LogP contribution in [0.3, 0.4) is 0 Å². The summed E-state index contributed by atoms with van der Waals surface area (Å²) in [6.07, 6.45) is 1.73. The zero-order chi connectivity index (χ0) is 13.5. The Morgan fingerprint density at radius 3 is 2.78 bits per heavy atom. The van der Waals surface area contributed by atoms with E-state index in [2.05, 4.69) is 9.97 Å². The smallest absolute Gasteiger partial charge is 0.243 e. The second-order valence-corrected chi connectivity index (χ2v) is 5.04. The van der Waals surface area contributed by atoms with Gasteiger partial charge in [0.05, 0.1) is 5.88 Å². The Bertz CT molecular complexity index is 618. The van der Waals surface area contributed by atoms with Gasteiger partial charge < -0.3 is 5.73 Å². The average molecular weight is 267 g/mol. The third-order valence-corrected chi connectivity index (χ3v) is 3.22. The molecule has 0 bridgehead atoms. The quantitative estimate of drug-likeness (QED) is 0.860. The summed E-state index contributed by atoms with van der Waals surface area (Å²) in [6.45, 7) is 5.40. The summed E-state index contributed by atoms with van der Waals surface area (Å²) in [5.41, 5.74) is 6.88. The van der Waals surface area contributed by atoms with Crippen molar-refractivity contribution in [1.29, 1.82) is 0 Å². The zero-order valence-corrected chi connectivity index (χ0v) is 11.3. The summed E-state index contributed by atoms with van der Waals surface area (Å²) in [5, 5.41) is 0. The minimum Gasteiger partial charge on any atom is -0.368 e. The molecule has 2 aromatic rings. The molecular formula is C12H15ClN4O. The summed E-state index contributed by atoms with van der Waals surface area (Å²) in [4.78, 5) is 20.3. The van der Waals surface area contributed by atoms with E-state index in [-0.39, 0.29) is 5.88 Å². The van der Waals surface area contributed by atoms with Gasteiger partial charge in [0, 0.05) is 6.20 Å². The Kier molecular flexibility index (Phi) is 3.02. The summed E-state index contributed by atoms with van der Waals surface area (Å²) in [6, 6.07) is 1.91. The average Bonchev–Trinajstić information content (AvgIpc) is 2.66. The number of aryl methyl sites for hydroxylation is 1. The molecular weight excluding hydrogens is 252 g/mol. The molecule has 0 fully saturated rings. The van der Waals surface area contributed by atoms with Crippen LogP contribution in [0.25, 0.3) is 11.2 Å². The third kappa shape index (κ3) is 1.84. The van der Waals surface area contributed by atoms with Crippen molar-refractivity contribution in [1.82, 2.24) is 14.5 Å². The van der Waals surface area contributed by atoms with Gasteiger partial charge in [0.25, 0.3) is 0 Å². The van der Waals surface area contributed by atoms with Crippen molar-refractivity contribution < 1.29 is 4.79 Å². The molecule has 18 heavy (non-hydrogen) atoms. The molecule has 1 amide bonds. The van der Waals surface area contributed by atoms with E-state index in [1.165, 1.54) is 0 Å². The normalized spacial score (nSPS) is 12.0. The largest absolute Gasteiger partial charge is 0.368 e. The van der Waals surface area contributed by atoms with Gasteiger partial charge in [-0.15, -0.1) is 11.6 Å². The van der Waals surface area contributed by atoms with E-state index in [0.717, 1.165) is 11.1 Å². The Morgan fingerprint density at radius 1 is 1.56 bits per heavy atom. The van der Waals surface area contributed by atoms with Gasteiger partial charge >= 0.3 is 0 Å². The number of pyridine rings is 1. The van der Waals surface area contributed by atoms with Gasteiger partial charge in [-0.05, 0) is 32.4 Å². The maximum atomic E-state index is 11.6. The number of hydrogen-bond acceptors (Lipinski definition) is 3. The van der Waals surface area contributed by atoms with Gasteiger partial charge in [-0.3, -0.25) is 9.36 Å². The highest BCUT2D eigenvalue weighted by atomic mass is 35.5. The van der Waals surface area contributed by atoms with Crippen LogP contribution in [0.1, 0.15) is 25.2 Å². The number of fused-ring (bicyclic) bond motifs is 1. The lowest BCUT2D eigenvalue weighted by Crippen LogP contribution is -2.42. The molecule has 0 aliphatic carbocycles. The van der Waals surface area contributed by atoms with Crippen molar-refractivity contribution in [3.05, 3.63) is 23.7 Å². The van der Waals surface area contributed by atoms with Crippen LogP contribution in [0, 0.1) is 6.92 Å². The van der Waals surface area contributed by atoms with Gasteiger partial charge in [-0.2, -0.15) is 0 Å². The van der Waals surface area contributed by atoms with Crippen LogP contribution in [0.4, 0.5) is 0 Å². The van der Waals surface area contributed by atoms with E-state index in [4.69, 9.17) is 17.3 Å². The fraction of sp³-hybridized carbons (Fsp3) is 0.417. The molecule has 96 valence electrons. The van der Waals surface area contributed by atoms with Gasteiger partial charge in [-0.25, -0.2) is 9.97 Å². The lowest BCUT2D eigenvalue weighted by Gasteiger charge is -2.24. The molecule has 0 unspecified atom stereocenters. The molecule has 0 atom stereocenters. The second kappa shape index (κ2) is 4.24. The number of nitrogens with two attached hydrogens (primary N) is 1. The zero-order valence-electron chi connectivity index (χ0n) is 10.6. The number of amides is 1. The highest BCUT2D eigenvalue weighted by molar-refractivity contribution is 6.16. The van der Waals surface area contributed by atoms with Crippen LogP contribution in [0.5, 0.6) is 0 Å². The molecule has 0 aliphatic rings. The number of alkyl halides is 1. The summed E-state index contributed by atoms with van der Waals surface area (Å²) >= 11 is 5.89. The van der Waals surface area contributed by atoms with Crippen LogP contribution >= 0.6 is 11.6 Å². The topological polar surface area (TPSA) is 73.8 Å². The van der Waals surface area contributed by atoms with Gasteiger partial charge in [0.15, 0.2) is 5.65 Å². The molecule has 2 rings (SSSR count). The van der Waals surface area contributed by atoms with E-state index >= 15 is 0 Å². The fourth-order valence-corrected chi connectivity index (χ4v) is 2.08. The number of rotatable bonds is 3. The van der Waals surface area contributed by atoms with E-state index in [0.29, 0.717) is 11.5 Å². The highest BCUT2D eigenvalue weighted by Crippen LogP contribution is 2.25. The number of carbonyl (C=O) groups excluding carboxylic acids is 1. The first-order valence-corrected chi connectivity index (χ1v) is 6.11. The molecule has 6 heteroatoms. The Morgan fingerprint density at radius 2 is 2.22 bits per heavy atom. The van der Waals surface area contributed by atoms with E-state index < -0.39 is 11.4 Å². The van der Waals surface area contributed by atoms with E-state index in [9.17, 15) is 4.79 Å². The van der Waals surface area contributed by atoms with Crippen LogP contribution in [0.15, 0.2) is 12.3 Å². The summed E-state index contributed by atoms with van der Waals surface area (Å²) in [7, 11) is 0. The van der Waals surface area contributed by atoms with Crippen LogP contribution < -0.4 is 5.73 Å². The maximum Gasteiger partial charge on any atom is 0.243 e. The molecule has 0 aliphatic heterocycles. The van der Waals surface area contributed by atoms with Crippen molar-refractivity contribution in [2.24, 2.45) is 5.73 Å². The number of aromatic nitrogens is 3. The Hall–Kier alpha value is -1.62. The lowest BCUT2D eigenvalue weighted by molar-refractivity contribution is -0.125. The van der Waals surface area contributed by atoms with Crippen molar-refractivity contribution in [2.45, 2.75) is 32.2 Å².